The third-order valence-corrected chi connectivity index (χ3v) is 11.5. The molecule has 4 nitrogen and oxygen atoms in total. The molecular formula is C52H32N4. The zero-order valence-electron chi connectivity index (χ0n) is 30.3. The molecule has 0 radical (unpaired) electrons. The number of para-hydroxylation sites is 3. The van der Waals surface area contributed by atoms with Gasteiger partial charge in [0.2, 0.25) is 5.95 Å². The summed E-state index contributed by atoms with van der Waals surface area (Å²) >= 11 is 0. The lowest BCUT2D eigenvalue weighted by Crippen LogP contribution is -2.03. The van der Waals surface area contributed by atoms with Crippen LogP contribution in [-0.4, -0.2) is 19.1 Å². The molecule has 0 aliphatic carbocycles. The van der Waals surface area contributed by atoms with Gasteiger partial charge in [0.15, 0.2) is 0 Å². The largest absolute Gasteiger partial charge is 0.309 e. The number of rotatable bonds is 5. The minimum Gasteiger partial charge on any atom is -0.309 e. The molecule has 0 aliphatic heterocycles. The molecular weight excluding hydrogens is 681 g/mol. The Labute approximate surface area is 322 Å². The molecule has 12 aromatic rings. The van der Waals surface area contributed by atoms with Crippen LogP contribution >= 0.6 is 0 Å². The number of benzene rings is 9. The highest BCUT2D eigenvalue weighted by Crippen LogP contribution is 2.42. The highest BCUT2D eigenvalue weighted by atomic mass is 15.2. The molecule has 0 amide bonds. The molecule has 0 aliphatic rings. The lowest BCUT2D eigenvalue weighted by atomic mass is 9.97. The van der Waals surface area contributed by atoms with Gasteiger partial charge in [-0.2, -0.15) is 0 Å². The molecule has 0 bridgehead atoms. The van der Waals surface area contributed by atoms with Crippen molar-refractivity contribution >= 4 is 65.3 Å². The maximum absolute atomic E-state index is 5.44. The van der Waals surface area contributed by atoms with Crippen LogP contribution in [0.3, 0.4) is 0 Å². The van der Waals surface area contributed by atoms with Crippen LogP contribution < -0.4 is 0 Å². The fourth-order valence-electron chi connectivity index (χ4n) is 8.92. The first-order chi connectivity index (χ1) is 27.8. The lowest BCUT2D eigenvalue weighted by Gasteiger charge is -2.13. The van der Waals surface area contributed by atoms with Crippen LogP contribution in [0.5, 0.6) is 0 Å². The molecule has 56 heavy (non-hydrogen) atoms. The number of hydrogen-bond donors (Lipinski definition) is 0. The molecule has 0 atom stereocenters. The maximum atomic E-state index is 5.44. The van der Waals surface area contributed by atoms with Gasteiger partial charge in [0.25, 0.3) is 0 Å². The van der Waals surface area contributed by atoms with E-state index in [9.17, 15) is 0 Å². The molecule has 260 valence electrons. The summed E-state index contributed by atoms with van der Waals surface area (Å²) in [5.41, 5.74) is 13.3. The van der Waals surface area contributed by atoms with Gasteiger partial charge in [-0.05, 0) is 81.6 Å². The lowest BCUT2D eigenvalue weighted by molar-refractivity contribution is 1.01. The first-order valence-electron chi connectivity index (χ1n) is 19.1. The molecule has 9 aromatic carbocycles. The van der Waals surface area contributed by atoms with Crippen molar-refractivity contribution in [1.29, 1.82) is 0 Å². The Balaban J connectivity index is 1.10. The minimum atomic E-state index is 0.660. The highest BCUT2D eigenvalue weighted by Gasteiger charge is 2.22. The third kappa shape index (κ3) is 4.60. The van der Waals surface area contributed by atoms with Crippen LogP contribution in [0.25, 0.3) is 110 Å². The van der Waals surface area contributed by atoms with Gasteiger partial charge < -0.3 is 4.57 Å². The van der Waals surface area contributed by atoms with Crippen molar-refractivity contribution in [3.05, 3.63) is 194 Å². The summed E-state index contributed by atoms with van der Waals surface area (Å²) in [6.07, 6.45) is 0. The quantitative estimate of drug-likeness (QED) is 0.167. The highest BCUT2D eigenvalue weighted by molar-refractivity contribution is 6.25. The van der Waals surface area contributed by atoms with Gasteiger partial charge in [-0.3, -0.25) is 4.57 Å². The van der Waals surface area contributed by atoms with E-state index in [1.807, 2.05) is 0 Å². The van der Waals surface area contributed by atoms with Crippen molar-refractivity contribution in [3.63, 3.8) is 0 Å². The molecule has 0 N–H and O–H groups in total. The van der Waals surface area contributed by atoms with Gasteiger partial charge >= 0.3 is 0 Å². The Morgan fingerprint density at radius 2 is 0.946 bits per heavy atom. The molecule has 3 heterocycles. The molecule has 12 rings (SSSR count). The predicted molar refractivity (Wildman–Crippen MR) is 233 cm³/mol. The van der Waals surface area contributed by atoms with Crippen molar-refractivity contribution in [3.8, 4) is 45.1 Å². The summed E-state index contributed by atoms with van der Waals surface area (Å²) < 4.78 is 4.67. The van der Waals surface area contributed by atoms with E-state index in [1.54, 1.807) is 0 Å². The molecule has 0 spiro atoms. The van der Waals surface area contributed by atoms with Crippen LogP contribution in [-0.2, 0) is 0 Å². The van der Waals surface area contributed by atoms with E-state index in [-0.39, 0.29) is 0 Å². The SMILES string of the molecule is c1ccc(-c2ccc(-c3nc(-n4c5cccc6ccc7cc(-c8ccc9c%10ccccc%10n(-c%10ccccc%10)c9c8)cc4c7c65)nc4ccccc34)cc2)cc1. The number of fused-ring (bicyclic) bond motifs is 4. The van der Waals surface area contributed by atoms with E-state index >= 15 is 0 Å². The van der Waals surface area contributed by atoms with Gasteiger partial charge in [0, 0.05) is 38.2 Å². The Bertz CT molecular complexity index is 3450. The second-order valence-electron chi connectivity index (χ2n) is 14.6. The molecule has 0 saturated carbocycles. The molecule has 4 heteroatoms. The van der Waals surface area contributed by atoms with Crippen molar-refractivity contribution in [2.24, 2.45) is 0 Å². The zero-order chi connectivity index (χ0) is 36.7. The summed E-state index contributed by atoms with van der Waals surface area (Å²) in [5, 5.41) is 8.38. The van der Waals surface area contributed by atoms with Crippen LogP contribution in [0, 0.1) is 0 Å². The van der Waals surface area contributed by atoms with Gasteiger partial charge in [0.05, 0.1) is 33.3 Å². The first kappa shape index (κ1) is 30.9. The number of aromatic nitrogens is 4. The Kier molecular flexibility index (Phi) is 6.60. The molecule has 3 aromatic heterocycles. The Morgan fingerprint density at radius 1 is 0.321 bits per heavy atom. The minimum absolute atomic E-state index is 0.660. The third-order valence-electron chi connectivity index (χ3n) is 11.5. The van der Waals surface area contributed by atoms with E-state index in [2.05, 4.69) is 203 Å². The van der Waals surface area contributed by atoms with E-state index in [0.717, 1.165) is 50.0 Å². The van der Waals surface area contributed by atoms with Crippen molar-refractivity contribution in [2.45, 2.75) is 0 Å². The van der Waals surface area contributed by atoms with Crippen LogP contribution in [0.4, 0.5) is 0 Å². The van der Waals surface area contributed by atoms with Crippen LogP contribution in [0.15, 0.2) is 194 Å². The standard InChI is InChI=1S/C52H32N4/c1-3-12-33(13-4-1)34-22-25-36(26-23-34)51-43-18-7-9-19-44(43)53-52(54-51)56-46-21-11-14-35-24-27-38-30-39(32-48(56)50(38)49(35)46)37-28-29-42-41-17-8-10-20-45(41)55(47(42)31-37)40-15-5-2-6-16-40/h1-32H. The summed E-state index contributed by atoms with van der Waals surface area (Å²) in [6, 6.07) is 69.6. The van der Waals surface area contributed by atoms with Gasteiger partial charge in [-0.15, -0.1) is 0 Å². The fraction of sp³-hybridized carbons (Fsp3) is 0. The van der Waals surface area contributed by atoms with Crippen molar-refractivity contribution in [2.75, 3.05) is 0 Å². The van der Waals surface area contributed by atoms with Gasteiger partial charge in [-0.1, -0.05) is 146 Å². The predicted octanol–water partition coefficient (Wildman–Crippen LogP) is 13.4. The summed E-state index contributed by atoms with van der Waals surface area (Å²) in [6.45, 7) is 0. The van der Waals surface area contributed by atoms with Gasteiger partial charge in [-0.25, -0.2) is 9.97 Å². The summed E-state index contributed by atoms with van der Waals surface area (Å²) in [7, 11) is 0. The Hall–Kier alpha value is -7.56. The van der Waals surface area contributed by atoms with E-state index in [1.165, 1.54) is 54.5 Å². The molecule has 0 saturated heterocycles. The fourth-order valence-corrected chi connectivity index (χ4v) is 8.92. The van der Waals surface area contributed by atoms with E-state index < -0.39 is 0 Å². The number of hydrogen-bond acceptors (Lipinski definition) is 2. The normalized spacial score (nSPS) is 11.9. The van der Waals surface area contributed by atoms with E-state index in [4.69, 9.17) is 9.97 Å². The monoisotopic (exact) mass is 712 g/mol. The average molecular weight is 713 g/mol. The summed E-state index contributed by atoms with van der Waals surface area (Å²) in [4.78, 5) is 10.7. The Morgan fingerprint density at radius 3 is 1.80 bits per heavy atom. The van der Waals surface area contributed by atoms with E-state index in [0.29, 0.717) is 5.95 Å². The van der Waals surface area contributed by atoms with Crippen LogP contribution in [0.2, 0.25) is 0 Å². The van der Waals surface area contributed by atoms with Crippen molar-refractivity contribution in [1.82, 2.24) is 19.1 Å². The smallest absolute Gasteiger partial charge is 0.235 e. The van der Waals surface area contributed by atoms with Crippen molar-refractivity contribution < 1.29 is 0 Å². The molecule has 0 unspecified atom stereocenters. The molecule has 0 fully saturated rings. The zero-order valence-corrected chi connectivity index (χ0v) is 30.3. The summed E-state index contributed by atoms with van der Waals surface area (Å²) in [5.74, 6) is 0.660. The van der Waals surface area contributed by atoms with Crippen LogP contribution in [0.1, 0.15) is 0 Å². The topological polar surface area (TPSA) is 35.6 Å². The second kappa shape index (κ2) is 12.0. The maximum Gasteiger partial charge on any atom is 0.235 e. The van der Waals surface area contributed by atoms with Gasteiger partial charge in [0.1, 0.15) is 0 Å². The first-order valence-corrected chi connectivity index (χ1v) is 19.1. The second-order valence-corrected chi connectivity index (χ2v) is 14.6. The average Bonchev–Trinajstić information content (AvgIpc) is 3.79. The number of nitrogens with zero attached hydrogens (tertiary/aromatic N) is 4.